The molecule has 1 atom stereocenters. The summed E-state index contributed by atoms with van der Waals surface area (Å²) in [6.45, 7) is 2.68. The molecule has 3 aromatic carbocycles. The molecule has 1 N–H and O–H groups in total. The van der Waals surface area contributed by atoms with Gasteiger partial charge in [-0.1, -0.05) is 66.7 Å². The van der Waals surface area contributed by atoms with Crippen LogP contribution >= 0.6 is 11.8 Å². The number of hydrogen-bond acceptors (Lipinski definition) is 4. The largest absolute Gasteiger partial charge is 0.350 e. The Kier molecular flexibility index (Phi) is 6.46. The van der Waals surface area contributed by atoms with Gasteiger partial charge in [0.15, 0.2) is 0 Å². The summed E-state index contributed by atoms with van der Waals surface area (Å²) in [7, 11) is -3.77. The van der Waals surface area contributed by atoms with Gasteiger partial charge in [0.25, 0.3) is 0 Å². The molecule has 4 rings (SSSR count). The van der Waals surface area contributed by atoms with Gasteiger partial charge in [0.2, 0.25) is 15.9 Å². The topological polar surface area (TPSA) is 66.5 Å². The Morgan fingerprint density at radius 3 is 2.35 bits per heavy atom. The molecule has 1 aliphatic heterocycles. The molecule has 5 nitrogen and oxygen atoms in total. The molecule has 0 bridgehead atoms. The standard InChI is InChI=1S/C24H24N2O3S2.H2/c1-18-7-5-6-10-21(18)17-25-23(27)24-26(15-16-30-24)31(28,29)22-13-11-20(12-14-22)19-8-3-2-4-9-19;/h2-14,24H,15-17H2,1H3,(H,25,27);1H. The first kappa shape index (κ1) is 21.6. The summed E-state index contributed by atoms with van der Waals surface area (Å²) in [4.78, 5) is 13.0. The maximum absolute atomic E-state index is 13.3. The number of hydrogen-bond donors (Lipinski definition) is 1. The molecule has 31 heavy (non-hydrogen) atoms. The normalized spacial score (nSPS) is 16.9. The molecule has 1 saturated heterocycles. The van der Waals surface area contributed by atoms with E-state index >= 15 is 0 Å². The molecule has 1 fully saturated rings. The molecule has 3 aromatic rings. The summed E-state index contributed by atoms with van der Waals surface area (Å²) in [5, 5.41) is 2.14. The lowest BCUT2D eigenvalue weighted by Crippen LogP contribution is -2.44. The van der Waals surface area contributed by atoms with Crippen LogP contribution in [0.5, 0.6) is 0 Å². The van der Waals surface area contributed by atoms with Gasteiger partial charge in [-0.25, -0.2) is 8.42 Å². The highest BCUT2D eigenvalue weighted by Crippen LogP contribution is 2.31. The van der Waals surface area contributed by atoms with Crippen molar-refractivity contribution in [3.63, 3.8) is 0 Å². The van der Waals surface area contributed by atoms with E-state index < -0.39 is 15.4 Å². The highest BCUT2D eigenvalue weighted by molar-refractivity contribution is 8.02. The van der Waals surface area contributed by atoms with Gasteiger partial charge in [-0.05, 0) is 41.3 Å². The summed E-state index contributed by atoms with van der Waals surface area (Å²) in [6, 6.07) is 24.5. The third-order valence-corrected chi connectivity index (χ3v) is 8.57. The van der Waals surface area contributed by atoms with E-state index in [-0.39, 0.29) is 12.2 Å². The Hall–Kier alpha value is -2.61. The van der Waals surface area contributed by atoms with Gasteiger partial charge in [0.1, 0.15) is 5.37 Å². The first-order valence-corrected chi connectivity index (χ1v) is 12.6. The Morgan fingerprint density at radius 1 is 1.00 bits per heavy atom. The Balaban J connectivity index is 0.00000289. The summed E-state index contributed by atoms with van der Waals surface area (Å²) in [5.74, 6) is 0.305. The summed E-state index contributed by atoms with van der Waals surface area (Å²) in [5.41, 5.74) is 4.08. The summed E-state index contributed by atoms with van der Waals surface area (Å²) < 4.78 is 27.8. The molecule has 0 spiro atoms. The molecule has 0 aromatic heterocycles. The van der Waals surface area contributed by atoms with Crippen LogP contribution in [0.4, 0.5) is 0 Å². The number of aryl methyl sites for hydroxylation is 1. The highest BCUT2D eigenvalue weighted by atomic mass is 32.2. The maximum Gasteiger partial charge on any atom is 0.249 e. The number of thioether (sulfide) groups is 1. The predicted molar refractivity (Wildman–Crippen MR) is 127 cm³/mol. The monoisotopic (exact) mass is 454 g/mol. The fraction of sp³-hybridized carbons (Fsp3) is 0.208. The quantitative estimate of drug-likeness (QED) is 0.603. The molecule has 0 radical (unpaired) electrons. The predicted octanol–water partition coefficient (Wildman–Crippen LogP) is 4.29. The molecular weight excluding hydrogens is 428 g/mol. The van der Waals surface area contributed by atoms with E-state index in [1.54, 1.807) is 24.3 Å². The van der Waals surface area contributed by atoms with Crippen LogP contribution in [0.1, 0.15) is 12.6 Å². The number of nitrogens with one attached hydrogen (secondary N) is 1. The second-order valence-corrected chi connectivity index (χ2v) is 10.5. The highest BCUT2D eigenvalue weighted by Gasteiger charge is 2.40. The van der Waals surface area contributed by atoms with Gasteiger partial charge in [-0.15, -0.1) is 11.8 Å². The lowest BCUT2D eigenvalue weighted by atomic mass is 10.1. The van der Waals surface area contributed by atoms with E-state index in [9.17, 15) is 13.2 Å². The van der Waals surface area contributed by atoms with Crippen LogP contribution in [0.25, 0.3) is 11.1 Å². The zero-order valence-corrected chi connectivity index (χ0v) is 18.8. The van der Waals surface area contributed by atoms with Gasteiger partial charge in [-0.3, -0.25) is 4.79 Å². The molecule has 1 amide bonds. The SMILES string of the molecule is Cc1ccccc1CNC(=O)C1SCCN1S(=O)(=O)c1ccc(-c2ccccc2)cc1.[HH]. The lowest BCUT2D eigenvalue weighted by Gasteiger charge is -2.23. The van der Waals surface area contributed by atoms with Gasteiger partial charge in [0, 0.05) is 20.3 Å². The van der Waals surface area contributed by atoms with E-state index in [4.69, 9.17) is 0 Å². The molecule has 7 heteroatoms. The molecule has 1 heterocycles. The van der Waals surface area contributed by atoms with Crippen LogP contribution in [0.15, 0.2) is 83.8 Å². The Morgan fingerprint density at radius 2 is 1.65 bits per heavy atom. The van der Waals surface area contributed by atoms with Gasteiger partial charge >= 0.3 is 0 Å². The smallest absolute Gasteiger partial charge is 0.249 e. The van der Waals surface area contributed by atoms with Crippen molar-refractivity contribution in [1.29, 1.82) is 0 Å². The van der Waals surface area contributed by atoms with Crippen molar-refractivity contribution in [3.05, 3.63) is 90.0 Å². The van der Waals surface area contributed by atoms with Crippen LogP contribution in [-0.2, 0) is 21.4 Å². The van der Waals surface area contributed by atoms with Gasteiger partial charge in [0.05, 0.1) is 4.90 Å². The number of sulfonamides is 1. The van der Waals surface area contributed by atoms with Crippen LogP contribution in [0, 0.1) is 6.92 Å². The van der Waals surface area contributed by atoms with Crippen molar-refractivity contribution < 1.29 is 14.6 Å². The number of benzene rings is 3. The van der Waals surface area contributed by atoms with Crippen LogP contribution in [0.3, 0.4) is 0 Å². The minimum absolute atomic E-state index is 0. The van der Waals surface area contributed by atoms with Gasteiger partial charge in [-0.2, -0.15) is 4.31 Å². The van der Waals surface area contributed by atoms with Crippen molar-refractivity contribution >= 4 is 27.7 Å². The minimum atomic E-state index is -3.77. The second-order valence-electron chi connectivity index (χ2n) is 7.37. The summed E-state index contributed by atoms with van der Waals surface area (Å²) >= 11 is 1.35. The summed E-state index contributed by atoms with van der Waals surface area (Å²) in [6.07, 6.45) is 0. The van der Waals surface area contributed by atoms with Crippen LogP contribution in [0.2, 0.25) is 0 Å². The molecular formula is C24H26N2O3S2. The van der Waals surface area contributed by atoms with Crippen molar-refractivity contribution in [2.45, 2.75) is 23.7 Å². The van der Waals surface area contributed by atoms with Crippen molar-refractivity contribution in [2.24, 2.45) is 0 Å². The molecule has 1 aliphatic rings. The third-order valence-electron chi connectivity index (χ3n) is 5.36. The van der Waals surface area contributed by atoms with Crippen molar-refractivity contribution in [1.82, 2.24) is 9.62 Å². The number of carbonyl (C=O) groups is 1. The average molecular weight is 455 g/mol. The molecule has 0 saturated carbocycles. The lowest BCUT2D eigenvalue weighted by molar-refractivity contribution is -0.122. The number of nitrogens with zero attached hydrogens (tertiary/aromatic N) is 1. The number of amides is 1. The second kappa shape index (κ2) is 9.26. The number of rotatable bonds is 6. The minimum Gasteiger partial charge on any atom is -0.350 e. The number of carbonyl (C=O) groups excluding carboxylic acids is 1. The Bertz CT molecular complexity index is 1170. The van der Waals surface area contributed by atoms with Crippen LogP contribution < -0.4 is 5.32 Å². The van der Waals surface area contributed by atoms with E-state index in [0.717, 1.165) is 22.3 Å². The van der Waals surface area contributed by atoms with E-state index in [1.807, 2.05) is 61.5 Å². The third kappa shape index (κ3) is 4.69. The fourth-order valence-electron chi connectivity index (χ4n) is 3.57. The zero-order chi connectivity index (χ0) is 21.8. The average Bonchev–Trinajstić information content (AvgIpc) is 3.30. The molecule has 162 valence electrons. The van der Waals surface area contributed by atoms with E-state index in [1.165, 1.54) is 16.1 Å². The van der Waals surface area contributed by atoms with E-state index in [2.05, 4.69) is 5.32 Å². The Labute approximate surface area is 189 Å². The zero-order valence-electron chi connectivity index (χ0n) is 17.2. The van der Waals surface area contributed by atoms with Crippen molar-refractivity contribution in [3.8, 4) is 11.1 Å². The molecule has 0 aliphatic carbocycles. The van der Waals surface area contributed by atoms with E-state index in [0.29, 0.717) is 18.8 Å². The van der Waals surface area contributed by atoms with Gasteiger partial charge < -0.3 is 5.32 Å². The maximum atomic E-state index is 13.3. The van der Waals surface area contributed by atoms with Crippen molar-refractivity contribution in [2.75, 3.05) is 12.3 Å². The fourth-order valence-corrected chi connectivity index (χ4v) is 6.67. The molecule has 1 unspecified atom stereocenters. The first-order chi connectivity index (χ1) is 15.0. The first-order valence-electron chi connectivity index (χ1n) is 10.1. The van der Waals surface area contributed by atoms with Crippen LogP contribution in [-0.4, -0.2) is 36.3 Å².